The molecule has 0 radical (unpaired) electrons. The van der Waals surface area contributed by atoms with Crippen molar-refractivity contribution in [2.24, 2.45) is 16.7 Å². The number of likely N-dealkylation sites (tertiary alicyclic amines) is 1. The van der Waals surface area contributed by atoms with Crippen LogP contribution in [0, 0.1) is 16.7 Å². The molecule has 1 N–H and O–H groups in total. The van der Waals surface area contributed by atoms with E-state index >= 15 is 0 Å². The second-order valence-corrected chi connectivity index (χ2v) is 9.62. The fraction of sp³-hybridized carbons (Fsp3) is 0.524. The van der Waals surface area contributed by atoms with Gasteiger partial charge in [-0.1, -0.05) is 32.1 Å². The Hall–Kier alpha value is -2.48. The number of hydrogen-bond donors (Lipinski definition) is 1. The molecule has 154 valence electrons. The monoisotopic (exact) mass is 415 g/mol. The second kappa shape index (κ2) is 6.79. The number of carbonyl (C=O) groups is 3. The van der Waals surface area contributed by atoms with Crippen LogP contribution in [0.1, 0.15) is 40.0 Å². The highest BCUT2D eigenvalue weighted by Crippen LogP contribution is 2.60. The number of carbonyl (C=O) groups excluding carboxylic acids is 3. The minimum atomic E-state index is -0.547. The quantitative estimate of drug-likeness (QED) is 0.756. The maximum atomic E-state index is 13.0. The molecule has 3 amide bonds. The summed E-state index contributed by atoms with van der Waals surface area (Å²) in [6, 6.07) is 5.52. The van der Waals surface area contributed by atoms with E-state index in [9.17, 15) is 14.4 Å². The van der Waals surface area contributed by atoms with Gasteiger partial charge in [-0.3, -0.25) is 19.3 Å². The molecule has 1 aliphatic carbocycles. The average molecular weight is 416 g/mol. The molecule has 2 bridgehead atoms. The summed E-state index contributed by atoms with van der Waals surface area (Å²) in [5.74, 6) is 0.00893. The van der Waals surface area contributed by atoms with Crippen LogP contribution in [0.4, 0.5) is 5.13 Å². The van der Waals surface area contributed by atoms with Gasteiger partial charge in [-0.25, -0.2) is 4.98 Å². The Morgan fingerprint density at radius 1 is 1.34 bits per heavy atom. The van der Waals surface area contributed by atoms with E-state index in [1.165, 1.54) is 16.2 Å². The van der Waals surface area contributed by atoms with Gasteiger partial charge in [0.1, 0.15) is 5.75 Å². The molecule has 2 atom stereocenters. The van der Waals surface area contributed by atoms with E-state index in [1.54, 1.807) is 7.11 Å². The van der Waals surface area contributed by atoms with E-state index in [2.05, 4.69) is 10.3 Å². The molecular weight excluding hydrogens is 390 g/mol. The molecule has 2 unspecified atom stereocenters. The predicted molar refractivity (Wildman–Crippen MR) is 111 cm³/mol. The molecule has 8 heteroatoms. The van der Waals surface area contributed by atoms with E-state index in [-0.39, 0.29) is 42.0 Å². The zero-order chi connectivity index (χ0) is 21.0. The number of anilines is 1. The van der Waals surface area contributed by atoms with Crippen LogP contribution in [0.2, 0.25) is 0 Å². The molecule has 7 nitrogen and oxygen atoms in total. The molecule has 1 aliphatic heterocycles. The maximum absolute atomic E-state index is 13.0. The third-order valence-electron chi connectivity index (χ3n) is 6.91. The number of amides is 3. The molecular formula is C21H25N3O4S. The molecule has 29 heavy (non-hydrogen) atoms. The molecule has 0 spiro atoms. The van der Waals surface area contributed by atoms with Crippen molar-refractivity contribution in [2.45, 2.75) is 40.0 Å². The Kier molecular flexibility index (Phi) is 4.64. The smallest absolute Gasteiger partial charge is 0.235 e. The Bertz CT molecular complexity index is 1010. The Balaban J connectivity index is 1.42. The molecule has 2 aromatic rings. The first kappa shape index (κ1) is 19.8. The van der Waals surface area contributed by atoms with E-state index in [0.717, 1.165) is 22.4 Å². The van der Waals surface area contributed by atoms with Crippen LogP contribution in [0.3, 0.4) is 0 Å². The average Bonchev–Trinajstić information content (AvgIpc) is 3.15. The van der Waals surface area contributed by atoms with Gasteiger partial charge < -0.3 is 10.1 Å². The lowest BCUT2D eigenvalue weighted by Gasteiger charge is -2.47. The topological polar surface area (TPSA) is 88.6 Å². The number of rotatable bonds is 5. The highest BCUT2D eigenvalue weighted by Gasteiger charge is 2.64. The van der Waals surface area contributed by atoms with E-state index in [1.807, 2.05) is 39.0 Å². The summed E-state index contributed by atoms with van der Waals surface area (Å²) in [6.07, 6.45) is 1.50. The van der Waals surface area contributed by atoms with Gasteiger partial charge in [0.25, 0.3) is 0 Å². The highest BCUT2D eigenvalue weighted by molar-refractivity contribution is 7.22. The summed E-state index contributed by atoms with van der Waals surface area (Å²) in [6.45, 7) is 6.06. The van der Waals surface area contributed by atoms with Gasteiger partial charge in [-0.2, -0.15) is 0 Å². The van der Waals surface area contributed by atoms with Gasteiger partial charge in [0.05, 0.1) is 22.7 Å². The first-order valence-electron chi connectivity index (χ1n) is 9.77. The lowest BCUT2D eigenvalue weighted by atomic mass is 9.62. The molecule has 1 aromatic carbocycles. The predicted octanol–water partition coefficient (Wildman–Crippen LogP) is 3.44. The summed E-state index contributed by atoms with van der Waals surface area (Å²) >= 11 is 1.36. The van der Waals surface area contributed by atoms with Crippen LogP contribution >= 0.6 is 11.3 Å². The number of aromatic nitrogens is 1. The third-order valence-corrected chi connectivity index (χ3v) is 7.85. The SMILES string of the molecule is COc1ccc2nc(NC(=O)CCN3C(=O)C4CCC(C)(C3=O)C4(C)C)sc2c1. The molecule has 1 aromatic heterocycles. The summed E-state index contributed by atoms with van der Waals surface area (Å²) in [5, 5.41) is 3.27. The van der Waals surface area contributed by atoms with Crippen molar-refractivity contribution < 1.29 is 19.1 Å². The first-order chi connectivity index (χ1) is 13.7. The van der Waals surface area contributed by atoms with Crippen molar-refractivity contribution in [3.63, 3.8) is 0 Å². The lowest BCUT2D eigenvalue weighted by molar-refractivity contribution is -0.167. The number of methoxy groups -OCH3 is 1. The van der Waals surface area contributed by atoms with Crippen LogP contribution in [-0.2, 0) is 14.4 Å². The van der Waals surface area contributed by atoms with Crippen LogP contribution in [0.5, 0.6) is 5.75 Å². The number of fused-ring (bicyclic) bond motifs is 3. The van der Waals surface area contributed by atoms with E-state index in [4.69, 9.17) is 4.74 Å². The minimum absolute atomic E-state index is 0.0555. The van der Waals surface area contributed by atoms with E-state index in [0.29, 0.717) is 11.6 Å². The van der Waals surface area contributed by atoms with Crippen molar-refractivity contribution in [2.75, 3.05) is 19.0 Å². The van der Waals surface area contributed by atoms with Crippen LogP contribution in [0.15, 0.2) is 18.2 Å². The number of imide groups is 1. The standard InChI is InChI=1S/C21H25N3O4S/c1-20(2)13-7-9-21(20,3)18(27)24(17(13)26)10-8-16(25)23-19-22-14-6-5-12(28-4)11-15(14)29-19/h5-6,11,13H,7-10H2,1-4H3,(H,22,23,25). The number of hydrogen-bond acceptors (Lipinski definition) is 6. The second-order valence-electron chi connectivity index (χ2n) is 8.59. The molecule has 2 aliphatic rings. The summed E-state index contributed by atoms with van der Waals surface area (Å²) in [4.78, 5) is 44.0. The molecule has 2 fully saturated rings. The number of piperidine rings is 1. The van der Waals surface area contributed by atoms with Gasteiger partial charge in [-0.05, 0) is 36.5 Å². The Morgan fingerprint density at radius 2 is 2.10 bits per heavy atom. The van der Waals surface area contributed by atoms with Gasteiger partial charge in [0.15, 0.2) is 5.13 Å². The fourth-order valence-electron chi connectivity index (χ4n) is 4.59. The first-order valence-corrected chi connectivity index (χ1v) is 10.6. The van der Waals surface area contributed by atoms with Gasteiger partial charge in [-0.15, -0.1) is 0 Å². The Labute approximate surface area is 173 Å². The van der Waals surface area contributed by atoms with E-state index < -0.39 is 5.41 Å². The van der Waals surface area contributed by atoms with Crippen molar-refractivity contribution >= 4 is 44.4 Å². The molecule has 2 heterocycles. The van der Waals surface area contributed by atoms with Crippen molar-refractivity contribution in [3.8, 4) is 5.75 Å². The van der Waals surface area contributed by atoms with Crippen LogP contribution < -0.4 is 10.1 Å². The van der Waals surface area contributed by atoms with Crippen LogP contribution in [-0.4, -0.2) is 41.3 Å². The number of benzene rings is 1. The summed E-state index contributed by atoms with van der Waals surface area (Å²) in [7, 11) is 1.60. The van der Waals surface area contributed by atoms with Gasteiger partial charge in [0.2, 0.25) is 17.7 Å². The van der Waals surface area contributed by atoms with Crippen molar-refractivity contribution in [1.29, 1.82) is 0 Å². The maximum Gasteiger partial charge on any atom is 0.235 e. The normalized spacial score (nSPS) is 25.5. The van der Waals surface area contributed by atoms with Crippen molar-refractivity contribution in [3.05, 3.63) is 18.2 Å². The fourth-order valence-corrected chi connectivity index (χ4v) is 5.50. The molecule has 1 saturated heterocycles. The number of ether oxygens (including phenoxy) is 1. The Morgan fingerprint density at radius 3 is 2.83 bits per heavy atom. The van der Waals surface area contributed by atoms with Gasteiger partial charge >= 0.3 is 0 Å². The van der Waals surface area contributed by atoms with Crippen LogP contribution in [0.25, 0.3) is 10.2 Å². The van der Waals surface area contributed by atoms with Gasteiger partial charge in [0, 0.05) is 18.9 Å². The third kappa shape index (κ3) is 3.01. The number of nitrogens with zero attached hydrogens (tertiary/aromatic N) is 2. The van der Waals surface area contributed by atoms with Crippen molar-refractivity contribution in [1.82, 2.24) is 9.88 Å². The minimum Gasteiger partial charge on any atom is -0.497 e. The summed E-state index contributed by atoms with van der Waals surface area (Å²) < 4.78 is 6.12. The lowest BCUT2D eigenvalue weighted by Crippen LogP contribution is -2.59. The molecule has 1 saturated carbocycles. The zero-order valence-corrected chi connectivity index (χ0v) is 17.9. The number of thiazole rings is 1. The highest BCUT2D eigenvalue weighted by atomic mass is 32.1. The molecule has 4 rings (SSSR count). The summed E-state index contributed by atoms with van der Waals surface area (Å²) in [5.41, 5.74) is -0.116. The largest absolute Gasteiger partial charge is 0.497 e. The number of nitrogens with one attached hydrogen (secondary N) is 1. The zero-order valence-electron chi connectivity index (χ0n) is 17.1.